The van der Waals surface area contributed by atoms with Crippen molar-refractivity contribution in [2.24, 2.45) is 11.3 Å². The lowest BCUT2D eigenvalue weighted by Gasteiger charge is -2.44. The molecule has 0 fully saturated rings. The van der Waals surface area contributed by atoms with E-state index in [1.54, 1.807) is 6.92 Å². The van der Waals surface area contributed by atoms with Crippen molar-refractivity contribution in [2.45, 2.75) is 79.4 Å². The maximum absolute atomic E-state index is 11.9. The molecule has 1 aliphatic carbocycles. The Morgan fingerprint density at radius 3 is 2.50 bits per heavy atom. The SMILES string of the molecule is CC(=O)C[C@@H]1OCC2=C1[C@H](/C=C/OC(=O)C=C(C)C)[C@@](C)(CCC=C(C)C)C[C@@H]2O. The molecule has 0 radical (unpaired) electrons. The Bertz CT molecular complexity index is 777. The molecule has 0 spiro atoms. The highest BCUT2D eigenvalue weighted by Crippen LogP contribution is 2.51. The van der Waals surface area contributed by atoms with Crippen LogP contribution in [0.2, 0.25) is 0 Å². The summed E-state index contributed by atoms with van der Waals surface area (Å²) in [7, 11) is 0. The number of hydrogen-bond acceptors (Lipinski definition) is 5. The summed E-state index contributed by atoms with van der Waals surface area (Å²) >= 11 is 0. The zero-order chi connectivity index (χ0) is 22.5. The number of hydrogen-bond donors (Lipinski definition) is 1. The first-order chi connectivity index (χ1) is 14.0. The van der Waals surface area contributed by atoms with E-state index >= 15 is 0 Å². The van der Waals surface area contributed by atoms with E-state index in [0.717, 1.165) is 29.6 Å². The summed E-state index contributed by atoms with van der Waals surface area (Å²) in [5.74, 6) is -0.434. The highest BCUT2D eigenvalue weighted by atomic mass is 16.5. The number of carbonyl (C=O) groups is 2. The van der Waals surface area contributed by atoms with Gasteiger partial charge >= 0.3 is 5.97 Å². The Kier molecular flexibility index (Phi) is 8.39. The molecule has 0 aromatic carbocycles. The minimum Gasteiger partial charge on any atom is -0.432 e. The quantitative estimate of drug-likeness (QED) is 0.266. The fourth-order valence-electron chi connectivity index (χ4n) is 4.49. The van der Waals surface area contributed by atoms with Gasteiger partial charge in [-0.2, -0.15) is 0 Å². The monoisotopic (exact) mass is 416 g/mol. The van der Waals surface area contributed by atoms with Crippen molar-refractivity contribution in [1.82, 2.24) is 0 Å². The normalized spacial score (nSPS) is 28.3. The van der Waals surface area contributed by atoms with Crippen molar-refractivity contribution in [1.29, 1.82) is 0 Å². The maximum Gasteiger partial charge on any atom is 0.335 e. The van der Waals surface area contributed by atoms with E-state index in [4.69, 9.17) is 9.47 Å². The molecule has 0 aromatic rings. The van der Waals surface area contributed by atoms with Gasteiger partial charge in [-0.05, 0) is 76.5 Å². The van der Waals surface area contributed by atoms with Crippen LogP contribution in [0, 0.1) is 11.3 Å². The predicted molar refractivity (Wildman–Crippen MR) is 118 cm³/mol. The first-order valence-corrected chi connectivity index (χ1v) is 10.7. The van der Waals surface area contributed by atoms with Crippen molar-refractivity contribution in [3.05, 3.63) is 46.8 Å². The van der Waals surface area contributed by atoms with Crippen molar-refractivity contribution >= 4 is 11.8 Å². The Morgan fingerprint density at radius 1 is 1.20 bits per heavy atom. The lowest BCUT2D eigenvalue weighted by Crippen LogP contribution is -2.40. The number of carbonyl (C=O) groups excluding carboxylic acids is 2. The highest BCUT2D eigenvalue weighted by molar-refractivity contribution is 5.83. The van der Waals surface area contributed by atoms with Crippen LogP contribution in [0.25, 0.3) is 0 Å². The summed E-state index contributed by atoms with van der Waals surface area (Å²) in [5, 5.41) is 10.9. The van der Waals surface area contributed by atoms with Crippen molar-refractivity contribution in [3.63, 3.8) is 0 Å². The second-order valence-electron chi connectivity index (χ2n) is 9.35. The number of allylic oxidation sites excluding steroid dienone is 4. The summed E-state index contributed by atoms with van der Waals surface area (Å²) in [6.45, 7) is 11.9. The molecular weight excluding hydrogens is 380 g/mol. The van der Waals surface area contributed by atoms with Crippen LogP contribution in [0.1, 0.15) is 67.2 Å². The molecule has 5 heteroatoms. The van der Waals surface area contributed by atoms with E-state index < -0.39 is 12.1 Å². The number of esters is 1. The molecule has 4 atom stereocenters. The molecule has 1 heterocycles. The van der Waals surface area contributed by atoms with Crippen molar-refractivity contribution in [2.75, 3.05) is 6.61 Å². The van der Waals surface area contributed by atoms with Gasteiger partial charge in [-0.25, -0.2) is 4.79 Å². The second kappa shape index (κ2) is 10.4. The van der Waals surface area contributed by atoms with Crippen LogP contribution in [0.3, 0.4) is 0 Å². The van der Waals surface area contributed by atoms with Crippen LogP contribution in [0.4, 0.5) is 0 Å². The standard InChI is InChI=1S/C25H36O5/c1-16(2)8-7-10-25(6)14-21(27)19-15-30-22(13-18(5)26)24(19)20(25)9-11-29-23(28)12-17(3)4/h8-9,11-12,20-22,27H,7,10,13-15H2,1-6H3/b11-9+/t20-,21-,22-,25-/m0/s1. The molecule has 1 N–H and O–H groups in total. The summed E-state index contributed by atoms with van der Waals surface area (Å²) in [6, 6.07) is 0. The molecule has 0 amide bonds. The van der Waals surface area contributed by atoms with Gasteiger partial charge in [0.25, 0.3) is 0 Å². The van der Waals surface area contributed by atoms with Gasteiger partial charge in [0.1, 0.15) is 5.78 Å². The molecule has 1 aliphatic heterocycles. The Balaban J connectivity index is 2.37. The van der Waals surface area contributed by atoms with Gasteiger partial charge in [-0.15, -0.1) is 0 Å². The Labute approximate surface area is 180 Å². The Hall–Kier alpha value is -1.98. The zero-order valence-corrected chi connectivity index (χ0v) is 19.2. The lowest BCUT2D eigenvalue weighted by atomic mass is 9.61. The minimum absolute atomic E-state index is 0.0535. The molecule has 166 valence electrons. The predicted octanol–water partition coefficient (Wildman–Crippen LogP) is 4.82. The van der Waals surface area contributed by atoms with E-state index in [9.17, 15) is 14.7 Å². The van der Waals surface area contributed by atoms with Crippen LogP contribution in [0.5, 0.6) is 0 Å². The van der Waals surface area contributed by atoms with E-state index in [2.05, 4.69) is 26.8 Å². The maximum atomic E-state index is 11.9. The molecule has 0 bridgehead atoms. The first kappa shape index (κ1) is 24.3. The van der Waals surface area contributed by atoms with Crippen LogP contribution >= 0.6 is 0 Å². The summed E-state index contributed by atoms with van der Waals surface area (Å²) < 4.78 is 11.2. The number of aliphatic hydroxyl groups is 1. The van der Waals surface area contributed by atoms with E-state index in [1.165, 1.54) is 17.9 Å². The molecule has 2 aliphatic rings. The van der Waals surface area contributed by atoms with Gasteiger partial charge in [0.2, 0.25) is 0 Å². The lowest BCUT2D eigenvalue weighted by molar-refractivity contribution is -0.132. The number of Topliss-reactive ketones (excluding diaryl/α,β-unsaturated/α-hetero) is 1. The number of ether oxygens (including phenoxy) is 2. The zero-order valence-electron chi connectivity index (χ0n) is 19.2. The molecule has 0 unspecified atom stereocenters. The van der Waals surface area contributed by atoms with Gasteiger partial charge in [0.05, 0.1) is 25.1 Å². The van der Waals surface area contributed by atoms with Crippen LogP contribution in [0.15, 0.2) is 46.8 Å². The summed E-state index contributed by atoms with van der Waals surface area (Å²) in [6.07, 6.45) is 8.77. The second-order valence-corrected chi connectivity index (χ2v) is 9.35. The average molecular weight is 417 g/mol. The van der Waals surface area contributed by atoms with E-state index in [-0.39, 0.29) is 29.6 Å². The molecule has 0 saturated heterocycles. The van der Waals surface area contributed by atoms with Gasteiger partial charge in [-0.3, -0.25) is 4.79 Å². The third-order valence-electron chi connectivity index (χ3n) is 5.91. The highest BCUT2D eigenvalue weighted by Gasteiger charge is 2.47. The topological polar surface area (TPSA) is 72.8 Å². The minimum atomic E-state index is -0.577. The van der Waals surface area contributed by atoms with Crippen LogP contribution in [-0.2, 0) is 19.1 Å². The van der Waals surface area contributed by atoms with Gasteiger partial charge < -0.3 is 14.6 Å². The summed E-state index contributed by atoms with van der Waals surface area (Å²) in [5.41, 5.74) is 3.75. The Morgan fingerprint density at radius 2 is 1.90 bits per heavy atom. The third-order valence-corrected chi connectivity index (χ3v) is 5.91. The first-order valence-electron chi connectivity index (χ1n) is 10.7. The number of aliphatic hydroxyl groups excluding tert-OH is 1. The molecule has 2 rings (SSSR count). The smallest absolute Gasteiger partial charge is 0.335 e. The fraction of sp³-hybridized carbons (Fsp3) is 0.600. The molecule has 0 saturated carbocycles. The van der Waals surface area contributed by atoms with Crippen LogP contribution < -0.4 is 0 Å². The average Bonchev–Trinajstić information content (AvgIpc) is 3.00. The van der Waals surface area contributed by atoms with Gasteiger partial charge in [0.15, 0.2) is 0 Å². The van der Waals surface area contributed by atoms with E-state index in [1.807, 2.05) is 19.9 Å². The number of rotatable bonds is 8. The molecule has 30 heavy (non-hydrogen) atoms. The molecule has 0 aromatic heterocycles. The van der Waals surface area contributed by atoms with E-state index in [0.29, 0.717) is 13.0 Å². The van der Waals surface area contributed by atoms with Crippen molar-refractivity contribution in [3.8, 4) is 0 Å². The number of ketones is 1. The van der Waals surface area contributed by atoms with Gasteiger partial charge in [0, 0.05) is 18.4 Å². The summed E-state index contributed by atoms with van der Waals surface area (Å²) in [4.78, 5) is 23.7. The fourth-order valence-corrected chi connectivity index (χ4v) is 4.49. The molecule has 5 nitrogen and oxygen atoms in total. The van der Waals surface area contributed by atoms with Crippen molar-refractivity contribution < 1.29 is 24.2 Å². The van der Waals surface area contributed by atoms with Gasteiger partial charge in [-0.1, -0.05) is 24.1 Å². The van der Waals surface area contributed by atoms with Crippen LogP contribution in [-0.4, -0.2) is 35.7 Å². The molecular formula is C25H36O5. The largest absolute Gasteiger partial charge is 0.432 e. The third kappa shape index (κ3) is 6.26.